The second-order valence-corrected chi connectivity index (χ2v) is 6.55. The highest BCUT2D eigenvalue weighted by Gasteiger charge is 2.27. The van der Waals surface area contributed by atoms with Crippen molar-refractivity contribution in [3.8, 4) is 0 Å². The van der Waals surface area contributed by atoms with Crippen molar-refractivity contribution >= 4 is 15.9 Å². The van der Waals surface area contributed by atoms with E-state index in [9.17, 15) is 17.6 Å². The fraction of sp³-hybridized carbons (Fsp3) is 0.462. The van der Waals surface area contributed by atoms with E-state index in [1.165, 1.54) is 13.0 Å². The molecule has 0 saturated carbocycles. The van der Waals surface area contributed by atoms with Crippen molar-refractivity contribution < 1.29 is 17.6 Å². The van der Waals surface area contributed by atoms with E-state index < -0.39 is 21.9 Å². The van der Waals surface area contributed by atoms with Crippen molar-refractivity contribution in [1.82, 2.24) is 10.0 Å². The third-order valence-corrected chi connectivity index (χ3v) is 4.89. The van der Waals surface area contributed by atoms with Gasteiger partial charge >= 0.3 is 0 Å². The van der Waals surface area contributed by atoms with Crippen LogP contribution < -0.4 is 10.0 Å². The molecule has 1 amide bonds. The van der Waals surface area contributed by atoms with Crippen LogP contribution in [0, 0.1) is 12.7 Å². The van der Waals surface area contributed by atoms with E-state index in [1.54, 1.807) is 0 Å². The van der Waals surface area contributed by atoms with Crippen LogP contribution in [0.1, 0.15) is 24.8 Å². The molecule has 1 heterocycles. The maximum absolute atomic E-state index is 13.0. The third-order valence-electron chi connectivity index (χ3n) is 3.26. The van der Waals surface area contributed by atoms with Gasteiger partial charge in [0.15, 0.2) is 0 Å². The van der Waals surface area contributed by atoms with Gasteiger partial charge in [-0.25, -0.2) is 12.8 Å². The van der Waals surface area contributed by atoms with E-state index >= 15 is 0 Å². The van der Waals surface area contributed by atoms with Crippen LogP contribution >= 0.6 is 0 Å². The minimum atomic E-state index is -3.83. The van der Waals surface area contributed by atoms with Gasteiger partial charge < -0.3 is 5.32 Å². The molecule has 0 spiro atoms. The molecule has 1 aliphatic heterocycles. The summed E-state index contributed by atoms with van der Waals surface area (Å²) in [5, 5.41) is 2.67. The molecule has 1 atom stereocenters. The summed E-state index contributed by atoms with van der Waals surface area (Å²) in [6.45, 7) is 2.08. The number of hydrogen-bond acceptors (Lipinski definition) is 3. The van der Waals surface area contributed by atoms with E-state index in [4.69, 9.17) is 0 Å². The molecule has 2 rings (SSSR count). The van der Waals surface area contributed by atoms with Gasteiger partial charge in [-0.3, -0.25) is 4.79 Å². The fourth-order valence-electron chi connectivity index (χ4n) is 2.22. The van der Waals surface area contributed by atoms with Crippen molar-refractivity contribution in [1.29, 1.82) is 0 Å². The zero-order valence-corrected chi connectivity index (χ0v) is 12.0. The zero-order valence-electron chi connectivity index (χ0n) is 11.1. The van der Waals surface area contributed by atoms with Crippen LogP contribution in [-0.4, -0.2) is 26.9 Å². The highest BCUT2D eigenvalue weighted by Crippen LogP contribution is 2.17. The molecule has 0 radical (unpaired) electrons. The van der Waals surface area contributed by atoms with Crippen LogP contribution in [0.3, 0.4) is 0 Å². The number of sulfonamides is 1. The molecule has 2 N–H and O–H groups in total. The summed E-state index contributed by atoms with van der Waals surface area (Å²) in [5.74, 6) is -0.806. The van der Waals surface area contributed by atoms with Gasteiger partial charge in [0.25, 0.3) is 0 Å². The number of rotatable bonds is 3. The standard InChI is InChI=1S/C13H17FN2O3S/c1-9-8-10(14)5-6-12(9)20(18,19)16-11-4-2-3-7-15-13(11)17/h5-6,8,11,16H,2-4,7H2,1H3,(H,15,17)/t11-/m0/s1. The predicted molar refractivity (Wildman–Crippen MR) is 72.1 cm³/mol. The Morgan fingerprint density at radius 2 is 2.10 bits per heavy atom. The number of aryl methyl sites for hydroxylation is 1. The molecule has 1 aliphatic rings. The van der Waals surface area contributed by atoms with Gasteiger partial charge in [0, 0.05) is 6.54 Å². The largest absolute Gasteiger partial charge is 0.355 e. The van der Waals surface area contributed by atoms with Crippen molar-refractivity contribution in [2.75, 3.05) is 6.54 Å². The quantitative estimate of drug-likeness (QED) is 0.877. The molecule has 0 aliphatic carbocycles. The van der Waals surface area contributed by atoms with E-state index in [1.807, 2.05) is 0 Å². The van der Waals surface area contributed by atoms with Gasteiger partial charge in [0.2, 0.25) is 15.9 Å². The van der Waals surface area contributed by atoms with Gasteiger partial charge in [-0.2, -0.15) is 4.72 Å². The lowest BCUT2D eigenvalue weighted by molar-refractivity contribution is -0.122. The molecule has 20 heavy (non-hydrogen) atoms. The third kappa shape index (κ3) is 3.34. The number of carbonyl (C=O) groups is 1. The number of nitrogens with one attached hydrogen (secondary N) is 2. The maximum Gasteiger partial charge on any atom is 0.241 e. The number of hydrogen-bond donors (Lipinski definition) is 2. The smallest absolute Gasteiger partial charge is 0.241 e. The normalized spacial score (nSPS) is 20.3. The average molecular weight is 300 g/mol. The zero-order chi connectivity index (χ0) is 14.8. The van der Waals surface area contributed by atoms with Gasteiger partial charge in [-0.1, -0.05) is 0 Å². The van der Waals surface area contributed by atoms with Crippen molar-refractivity contribution in [2.45, 2.75) is 37.1 Å². The Hall–Kier alpha value is -1.47. The van der Waals surface area contributed by atoms with E-state index in [0.29, 0.717) is 18.5 Å². The van der Waals surface area contributed by atoms with Crippen LogP contribution in [0.15, 0.2) is 23.1 Å². The lowest BCUT2D eigenvalue weighted by atomic mass is 10.1. The first kappa shape index (κ1) is 14.9. The highest BCUT2D eigenvalue weighted by atomic mass is 32.2. The van der Waals surface area contributed by atoms with E-state index in [0.717, 1.165) is 25.0 Å². The average Bonchev–Trinajstić information content (AvgIpc) is 2.54. The fourth-order valence-corrected chi connectivity index (χ4v) is 3.67. The Morgan fingerprint density at radius 1 is 1.35 bits per heavy atom. The predicted octanol–water partition coefficient (Wildman–Crippen LogP) is 1.08. The first-order valence-corrected chi connectivity index (χ1v) is 7.95. The molecular formula is C13H17FN2O3S. The van der Waals surface area contributed by atoms with Crippen molar-refractivity contribution in [3.63, 3.8) is 0 Å². The van der Waals surface area contributed by atoms with Gasteiger partial charge in [0.1, 0.15) is 11.9 Å². The first-order valence-electron chi connectivity index (χ1n) is 6.46. The first-order chi connectivity index (χ1) is 9.40. The summed E-state index contributed by atoms with van der Waals surface area (Å²) >= 11 is 0. The topological polar surface area (TPSA) is 75.3 Å². The van der Waals surface area contributed by atoms with Crippen LogP contribution in [-0.2, 0) is 14.8 Å². The van der Waals surface area contributed by atoms with Crippen molar-refractivity contribution in [2.24, 2.45) is 0 Å². The van der Waals surface area contributed by atoms with Crippen molar-refractivity contribution in [3.05, 3.63) is 29.6 Å². The molecule has 0 bridgehead atoms. The van der Waals surface area contributed by atoms with Crippen LogP contribution in [0.4, 0.5) is 4.39 Å². The Morgan fingerprint density at radius 3 is 2.80 bits per heavy atom. The summed E-state index contributed by atoms with van der Waals surface area (Å²) in [7, 11) is -3.83. The SMILES string of the molecule is Cc1cc(F)ccc1S(=O)(=O)N[C@H]1CCCCNC1=O. The van der Waals surface area contributed by atoms with Crippen LogP contribution in [0.25, 0.3) is 0 Å². The molecule has 7 heteroatoms. The Bertz CT molecular complexity index is 616. The molecule has 1 fully saturated rings. The van der Waals surface area contributed by atoms with Gasteiger partial charge in [0.05, 0.1) is 4.90 Å². The lowest BCUT2D eigenvalue weighted by Crippen LogP contribution is -2.45. The minimum Gasteiger partial charge on any atom is -0.355 e. The summed E-state index contributed by atoms with van der Waals surface area (Å²) < 4.78 is 40.0. The number of benzene rings is 1. The number of carbonyl (C=O) groups excluding carboxylic acids is 1. The summed E-state index contributed by atoms with van der Waals surface area (Å²) in [6.07, 6.45) is 2.07. The number of amides is 1. The molecule has 1 aromatic carbocycles. The molecule has 0 unspecified atom stereocenters. The summed E-state index contributed by atoms with van der Waals surface area (Å²) in [6, 6.07) is 2.69. The monoisotopic (exact) mass is 300 g/mol. The minimum absolute atomic E-state index is 0.00375. The highest BCUT2D eigenvalue weighted by molar-refractivity contribution is 7.89. The molecule has 110 valence electrons. The lowest BCUT2D eigenvalue weighted by Gasteiger charge is -2.16. The van der Waals surface area contributed by atoms with Crippen LogP contribution in [0.5, 0.6) is 0 Å². The summed E-state index contributed by atoms with van der Waals surface area (Å²) in [4.78, 5) is 11.8. The summed E-state index contributed by atoms with van der Waals surface area (Å²) in [5.41, 5.74) is 0.312. The maximum atomic E-state index is 13.0. The van der Waals surface area contributed by atoms with Crippen LogP contribution in [0.2, 0.25) is 0 Å². The molecule has 1 aromatic rings. The number of halogens is 1. The second kappa shape index (κ2) is 5.88. The Labute approximate surface area is 117 Å². The van der Waals surface area contributed by atoms with E-state index in [2.05, 4.69) is 10.0 Å². The molecule has 1 saturated heterocycles. The molecular weight excluding hydrogens is 283 g/mol. The Balaban J connectivity index is 2.24. The van der Waals surface area contributed by atoms with Gasteiger partial charge in [-0.05, 0) is 49.9 Å². The van der Waals surface area contributed by atoms with Gasteiger partial charge in [-0.15, -0.1) is 0 Å². The molecule has 0 aromatic heterocycles. The Kier molecular flexibility index (Phi) is 4.39. The molecule has 5 nitrogen and oxygen atoms in total. The van der Waals surface area contributed by atoms with E-state index in [-0.39, 0.29) is 10.8 Å². The second-order valence-electron chi connectivity index (χ2n) is 4.87.